The molecule has 0 aromatic carbocycles. The number of rotatable bonds is 3. The first kappa shape index (κ1) is 13.5. The average Bonchev–Trinajstić information content (AvgIpc) is 1.44. The molecule has 0 unspecified atom stereocenters. The molecule has 0 saturated carbocycles. The van der Waals surface area contributed by atoms with Gasteiger partial charge < -0.3 is 20.1 Å². The molecule has 0 aromatic rings. The summed E-state index contributed by atoms with van der Waals surface area (Å²) in [4.78, 5) is 0. The minimum atomic E-state index is -1.85. The van der Waals surface area contributed by atoms with E-state index in [1.54, 1.807) is 0 Å². The van der Waals surface area contributed by atoms with Crippen molar-refractivity contribution in [2.24, 2.45) is 16.2 Å². The van der Waals surface area contributed by atoms with Gasteiger partial charge in [-0.2, -0.15) is 0 Å². The molecule has 0 atom stereocenters. The highest BCUT2D eigenvalue weighted by Gasteiger charge is 2.44. The van der Waals surface area contributed by atoms with Crippen LogP contribution in [-0.2, 0) is 0 Å². The lowest BCUT2D eigenvalue weighted by atomic mass is 11.9. The summed E-state index contributed by atoms with van der Waals surface area (Å²) in [5.41, 5.74) is 0. The quantitative estimate of drug-likeness (QED) is 0.615. The van der Waals surface area contributed by atoms with Gasteiger partial charge in [0, 0.05) is 0 Å². The molecular weight excluding hydrogens is 212 g/mol. The van der Waals surface area contributed by atoms with E-state index in [4.69, 9.17) is 16.2 Å². The van der Waals surface area contributed by atoms with Crippen LogP contribution in [0.1, 0.15) is 0 Å². The fraction of sp³-hybridized carbons (Fsp3) is 1.00. The van der Waals surface area contributed by atoms with Crippen molar-refractivity contribution in [3.05, 3.63) is 0 Å². The van der Waals surface area contributed by atoms with Gasteiger partial charge in [0.05, 0.1) is 0 Å². The Morgan fingerprint density at radius 2 is 0.769 bits per heavy atom. The number of nitrogens with two attached hydrogens (primary N) is 3. The first-order valence-electron chi connectivity index (χ1n) is 4.54. The second kappa shape index (κ2) is 3.57. The minimum absolute atomic E-state index is 1.85. The Labute approximate surface area is 85.0 Å². The van der Waals surface area contributed by atoms with Gasteiger partial charge in [0.25, 0.3) is 0 Å². The largest absolute Gasteiger partial charge is 0.340 e. The van der Waals surface area contributed by atoms with E-state index in [1.165, 1.54) is 0 Å². The van der Waals surface area contributed by atoms with Crippen LogP contribution in [0, 0.1) is 0 Å². The van der Waals surface area contributed by atoms with E-state index in [0.29, 0.717) is 0 Å². The second-order valence-electron chi connectivity index (χ2n) is 5.30. The predicted molar refractivity (Wildman–Crippen MR) is 66.8 cm³/mol. The SMILES string of the molecule is C[Si](C)(N)N([Si](C)(C)N)[Si](C)(C)N. The Morgan fingerprint density at radius 3 is 0.769 bits per heavy atom. The van der Waals surface area contributed by atoms with Crippen molar-refractivity contribution in [3.63, 3.8) is 0 Å². The van der Waals surface area contributed by atoms with Gasteiger partial charge in [-0.1, -0.05) is 0 Å². The summed E-state index contributed by atoms with van der Waals surface area (Å²) in [6, 6.07) is 0. The van der Waals surface area contributed by atoms with Crippen molar-refractivity contribution in [1.82, 2.24) is 3.90 Å². The van der Waals surface area contributed by atoms with E-state index in [-0.39, 0.29) is 0 Å². The topological polar surface area (TPSA) is 81.3 Å². The van der Waals surface area contributed by atoms with Crippen molar-refractivity contribution in [3.8, 4) is 0 Å². The van der Waals surface area contributed by atoms with E-state index in [9.17, 15) is 0 Å². The fourth-order valence-corrected chi connectivity index (χ4v) is 20.1. The fourth-order valence-electron chi connectivity index (χ4n) is 2.23. The van der Waals surface area contributed by atoms with Gasteiger partial charge >= 0.3 is 0 Å². The van der Waals surface area contributed by atoms with Crippen LogP contribution in [0.4, 0.5) is 0 Å². The lowest BCUT2D eigenvalue weighted by Gasteiger charge is -2.49. The predicted octanol–water partition coefficient (Wildman–Crippen LogP) is 0.270. The van der Waals surface area contributed by atoms with Crippen LogP contribution in [0.3, 0.4) is 0 Å². The Hall–Kier alpha value is 0.491. The lowest BCUT2D eigenvalue weighted by Crippen LogP contribution is -2.81. The van der Waals surface area contributed by atoms with Crippen LogP contribution < -0.4 is 16.2 Å². The molecule has 13 heavy (non-hydrogen) atoms. The third-order valence-corrected chi connectivity index (χ3v) is 15.6. The molecule has 0 rings (SSSR count). The maximum atomic E-state index is 6.23. The average molecular weight is 237 g/mol. The molecule has 0 radical (unpaired) electrons. The van der Waals surface area contributed by atoms with E-state index < -0.39 is 25.2 Å². The maximum absolute atomic E-state index is 6.23. The molecule has 0 amide bonds. The molecule has 6 N–H and O–H groups in total. The highest BCUT2D eigenvalue weighted by Crippen LogP contribution is 2.17. The third-order valence-electron chi connectivity index (χ3n) is 1.73. The molecule has 0 aliphatic rings. The van der Waals surface area contributed by atoms with Crippen LogP contribution >= 0.6 is 0 Å². The molecule has 0 spiro atoms. The van der Waals surface area contributed by atoms with Crippen molar-refractivity contribution < 1.29 is 0 Å². The van der Waals surface area contributed by atoms with Crippen molar-refractivity contribution in [1.29, 1.82) is 0 Å². The van der Waals surface area contributed by atoms with Gasteiger partial charge in [-0.15, -0.1) is 0 Å². The van der Waals surface area contributed by atoms with Gasteiger partial charge in [0.15, 0.2) is 25.2 Å². The highest BCUT2D eigenvalue weighted by atomic mass is 28.5. The zero-order valence-corrected chi connectivity index (χ0v) is 12.7. The first-order chi connectivity index (χ1) is 5.37. The van der Waals surface area contributed by atoms with Crippen LogP contribution in [0.2, 0.25) is 39.3 Å². The Morgan fingerprint density at radius 1 is 0.615 bits per heavy atom. The number of hydrogen-bond acceptors (Lipinski definition) is 4. The van der Waals surface area contributed by atoms with Gasteiger partial charge in [-0.25, -0.2) is 0 Å². The molecule has 80 valence electrons. The summed E-state index contributed by atoms with van der Waals surface area (Å²) >= 11 is 0. The molecular formula is C6H24N4Si3. The maximum Gasteiger partial charge on any atom is 0.183 e. The zero-order valence-electron chi connectivity index (χ0n) is 9.68. The molecule has 0 aliphatic heterocycles. The molecule has 0 fully saturated rings. The van der Waals surface area contributed by atoms with Gasteiger partial charge in [-0.3, -0.25) is 0 Å². The molecule has 0 aromatic heterocycles. The summed E-state index contributed by atoms with van der Waals surface area (Å²) in [6.45, 7) is 12.6. The molecule has 0 aliphatic carbocycles. The van der Waals surface area contributed by atoms with E-state index in [1.807, 2.05) is 0 Å². The third kappa shape index (κ3) is 4.02. The lowest BCUT2D eigenvalue weighted by molar-refractivity contribution is 0.868. The van der Waals surface area contributed by atoms with E-state index in [0.717, 1.165) is 0 Å². The van der Waals surface area contributed by atoms with Crippen LogP contribution in [-0.4, -0.2) is 29.1 Å². The van der Waals surface area contributed by atoms with Crippen molar-refractivity contribution in [2.45, 2.75) is 39.3 Å². The standard InChI is InChI=1S/C6H24N4Si3/c1-11(2,7)10(12(3,4)8)13(5,6)9/h7-9H2,1-6H3. The van der Waals surface area contributed by atoms with Crippen LogP contribution in [0.25, 0.3) is 0 Å². The highest BCUT2D eigenvalue weighted by molar-refractivity contribution is 7.01. The smallest absolute Gasteiger partial charge is 0.183 e. The molecule has 0 heterocycles. The molecule has 0 saturated heterocycles. The van der Waals surface area contributed by atoms with Crippen molar-refractivity contribution >= 4 is 25.2 Å². The number of hydrogen-bond donors (Lipinski definition) is 3. The zero-order chi connectivity index (χ0) is 11.1. The molecule has 7 heteroatoms. The monoisotopic (exact) mass is 236 g/mol. The Bertz CT molecular complexity index is 143. The summed E-state index contributed by atoms with van der Waals surface area (Å²) < 4.78 is 2.31. The van der Waals surface area contributed by atoms with E-state index >= 15 is 0 Å². The summed E-state index contributed by atoms with van der Waals surface area (Å²) in [5, 5.41) is 18.7. The number of nitrogens with zero attached hydrogens (tertiary/aromatic N) is 1. The van der Waals surface area contributed by atoms with Crippen molar-refractivity contribution in [2.75, 3.05) is 0 Å². The summed E-state index contributed by atoms with van der Waals surface area (Å²) in [7, 11) is -5.55. The Balaban J connectivity index is 5.02. The van der Waals surface area contributed by atoms with Gasteiger partial charge in [-0.05, 0) is 39.3 Å². The van der Waals surface area contributed by atoms with Gasteiger partial charge in [0.2, 0.25) is 0 Å². The Kier molecular flexibility index (Phi) is 3.71. The first-order valence-corrected chi connectivity index (χ1v) is 13.6. The van der Waals surface area contributed by atoms with Crippen LogP contribution in [0.15, 0.2) is 0 Å². The normalized spacial score (nSPS) is 15.2. The molecule has 4 nitrogen and oxygen atoms in total. The summed E-state index contributed by atoms with van der Waals surface area (Å²) in [6.07, 6.45) is 0. The van der Waals surface area contributed by atoms with Gasteiger partial charge in [0.1, 0.15) is 0 Å². The molecule has 0 bridgehead atoms. The summed E-state index contributed by atoms with van der Waals surface area (Å²) in [5.74, 6) is 0. The van der Waals surface area contributed by atoms with E-state index in [2.05, 4.69) is 43.2 Å². The van der Waals surface area contributed by atoms with Crippen LogP contribution in [0.5, 0.6) is 0 Å². The second-order valence-corrected chi connectivity index (χ2v) is 17.9. The minimum Gasteiger partial charge on any atom is -0.340 e.